The van der Waals surface area contributed by atoms with Crippen molar-refractivity contribution in [3.63, 3.8) is 0 Å². The van der Waals surface area contributed by atoms with Gasteiger partial charge in [0.15, 0.2) is 0 Å². The lowest BCUT2D eigenvalue weighted by Crippen LogP contribution is -2.19. The largest absolute Gasteiger partial charge is 0.481 e. The van der Waals surface area contributed by atoms with Crippen LogP contribution in [0.4, 0.5) is 5.00 Å². The number of anilines is 1. The molecule has 2 N–H and O–H groups in total. The van der Waals surface area contributed by atoms with Crippen LogP contribution in [0.25, 0.3) is 0 Å². The molecule has 1 aromatic rings. The van der Waals surface area contributed by atoms with Crippen LogP contribution in [0.2, 0.25) is 0 Å². The van der Waals surface area contributed by atoms with Crippen molar-refractivity contribution >= 4 is 34.2 Å². The van der Waals surface area contributed by atoms with Gasteiger partial charge in [-0.3, -0.25) is 9.59 Å². The lowest BCUT2D eigenvalue weighted by atomic mass is 9.85. The summed E-state index contributed by atoms with van der Waals surface area (Å²) in [5, 5.41) is 11.9. The second kappa shape index (κ2) is 8.47. The second-order valence-corrected chi connectivity index (χ2v) is 7.73. The van der Waals surface area contributed by atoms with Gasteiger partial charge in [-0.25, -0.2) is 4.79 Å². The lowest BCUT2D eigenvalue weighted by Gasteiger charge is -2.21. The minimum atomic E-state index is -1.02. The highest BCUT2D eigenvalue weighted by Gasteiger charge is 2.30. The Morgan fingerprint density at radius 2 is 2.04 bits per heavy atom. The van der Waals surface area contributed by atoms with Crippen molar-refractivity contribution in [2.45, 2.75) is 65.4 Å². The van der Waals surface area contributed by atoms with Crippen LogP contribution in [0.1, 0.15) is 67.3 Å². The van der Waals surface area contributed by atoms with Crippen molar-refractivity contribution in [1.82, 2.24) is 0 Å². The maximum absolute atomic E-state index is 12.5. The third-order valence-corrected chi connectivity index (χ3v) is 5.48. The van der Waals surface area contributed by atoms with Crippen molar-refractivity contribution in [2.24, 2.45) is 5.92 Å². The van der Waals surface area contributed by atoms with Gasteiger partial charge in [-0.05, 0) is 44.6 Å². The Morgan fingerprint density at radius 1 is 1.32 bits per heavy atom. The molecule has 1 heterocycles. The number of esters is 1. The molecule has 2 rings (SSSR count). The monoisotopic (exact) mass is 367 g/mol. The zero-order valence-corrected chi connectivity index (χ0v) is 15.7. The zero-order chi connectivity index (χ0) is 18.6. The molecule has 0 saturated heterocycles. The molecule has 0 bridgehead atoms. The molecule has 1 amide bonds. The van der Waals surface area contributed by atoms with Gasteiger partial charge < -0.3 is 15.2 Å². The van der Waals surface area contributed by atoms with Crippen molar-refractivity contribution in [3.8, 4) is 0 Å². The van der Waals surface area contributed by atoms with E-state index in [1.54, 1.807) is 13.8 Å². The molecule has 0 aliphatic heterocycles. The number of rotatable bonds is 7. The van der Waals surface area contributed by atoms with Gasteiger partial charge in [0.2, 0.25) is 5.91 Å². The van der Waals surface area contributed by atoms with E-state index >= 15 is 0 Å². The molecule has 0 spiro atoms. The molecule has 6 nitrogen and oxygen atoms in total. The summed E-state index contributed by atoms with van der Waals surface area (Å²) in [5.41, 5.74) is 1.43. The smallest absolute Gasteiger partial charge is 0.341 e. The molecule has 1 atom stereocenters. The van der Waals surface area contributed by atoms with E-state index in [4.69, 9.17) is 9.84 Å². The Balaban J connectivity index is 2.27. The molecule has 1 aliphatic rings. The summed E-state index contributed by atoms with van der Waals surface area (Å²) < 4.78 is 5.36. The van der Waals surface area contributed by atoms with Crippen LogP contribution >= 0.6 is 11.3 Å². The lowest BCUT2D eigenvalue weighted by molar-refractivity contribution is -0.138. The second-order valence-electron chi connectivity index (χ2n) is 6.62. The van der Waals surface area contributed by atoms with Gasteiger partial charge in [0, 0.05) is 11.3 Å². The molecule has 7 heteroatoms. The normalized spacial score (nSPS) is 16.4. The van der Waals surface area contributed by atoms with E-state index in [1.807, 2.05) is 0 Å². The van der Waals surface area contributed by atoms with E-state index in [1.165, 1.54) is 11.3 Å². The van der Waals surface area contributed by atoms with Crippen LogP contribution < -0.4 is 5.32 Å². The average Bonchev–Trinajstić information content (AvgIpc) is 2.88. The fourth-order valence-electron chi connectivity index (χ4n) is 2.99. The number of aliphatic carboxylic acids is 1. The van der Waals surface area contributed by atoms with Gasteiger partial charge in [-0.1, -0.05) is 13.3 Å². The summed E-state index contributed by atoms with van der Waals surface area (Å²) in [6.45, 7) is 5.73. The summed E-state index contributed by atoms with van der Waals surface area (Å²) in [6.07, 6.45) is 3.22. The van der Waals surface area contributed by atoms with Crippen LogP contribution in [0, 0.1) is 5.92 Å². The van der Waals surface area contributed by atoms with Gasteiger partial charge in [0.25, 0.3) is 0 Å². The summed E-state index contributed by atoms with van der Waals surface area (Å²) in [5.74, 6) is -1.25. The van der Waals surface area contributed by atoms with Crippen LogP contribution in [-0.2, 0) is 27.2 Å². The highest BCUT2D eigenvalue weighted by atomic mass is 32.1. The number of nitrogens with one attached hydrogen (secondary N) is 1. The molecule has 0 aromatic carbocycles. The maximum Gasteiger partial charge on any atom is 0.341 e. The minimum absolute atomic E-state index is 0.117. The molecule has 0 radical (unpaired) electrons. The van der Waals surface area contributed by atoms with Gasteiger partial charge in [0.1, 0.15) is 5.00 Å². The Kier molecular flexibility index (Phi) is 6.58. The minimum Gasteiger partial charge on any atom is -0.481 e. The third-order valence-electron chi connectivity index (χ3n) is 4.31. The summed E-state index contributed by atoms with van der Waals surface area (Å²) in [4.78, 5) is 36.3. The molecule has 0 saturated carbocycles. The van der Waals surface area contributed by atoms with Crippen LogP contribution in [0.5, 0.6) is 0 Å². The molecular formula is C18H25NO5S. The van der Waals surface area contributed by atoms with Gasteiger partial charge in [-0.15, -0.1) is 11.3 Å². The predicted molar refractivity (Wildman–Crippen MR) is 96.2 cm³/mol. The number of amides is 1. The summed E-state index contributed by atoms with van der Waals surface area (Å²) in [7, 11) is 0. The van der Waals surface area contributed by atoms with E-state index in [-0.39, 0.29) is 18.9 Å². The molecule has 1 aliphatic carbocycles. The quantitative estimate of drug-likeness (QED) is 0.718. The fourth-order valence-corrected chi connectivity index (χ4v) is 4.36. The number of hydrogen-bond acceptors (Lipinski definition) is 5. The topological polar surface area (TPSA) is 92.7 Å². The highest BCUT2D eigenvalue weighted by molar-refractivity contribution is 7.17. The Bertz CT molecular complexity index is 665. The van der Waals surface area contributed by atoms with Crippen molar-refractivity contribution in [2.75, 3.05) is 5.32 Å². The molecule has 1 unspecified atom stereocenters. The zero-order valence-electron chi connectivity index (χ0n) is 14.9. The van der Waals surface area contributed by atoms with Crippen molar-refractivity contribution < 1.29 is 24.2 Å². The predicted octanol–water partition coefficient (Wildman–Crippen LogP) is 3.63. The number of hydrogen-bond donors (Lipinski definition) is 2. The number of carbonyl (C=O) groups excluding carboxylic acids is 2. The van der Waals surface area contributed by atoms with Gasteiger partial charge >= 0.3 is 11.9 Å². The van der Waals surface area contributed by atoms with Gasteiger partial charge in [-0.2, -0.15) is 0 Å². The fraction of sp³-hybridized carbons (Fsp3) is 0.611. The van der Waals surface area contributed by atoms with E-state index in [9.17, 15) is 14.4 Å². The van der Waals surface area contributed by atoms with Crippen molar-refractivity contribution in [3.05, 3.63) is 16.0 Å². The van der Waals surface area contributed by atoms with E-state index in [0.717, 1.165) is 36.1 Å². The first-order valence-corrected chi connectivity index (χ1v) is 9.50. The third kappa shape index (κ3) is 5.04. The summed E-state index contributed by atoms with van der Waals surface area (Å²) in [6, 6.07) is 0. The summed E-state index contributed by atoms with van der Waals surface area (Å²) >= 11 is 1.42. The highest BCUT2D eigenvalue weighted by Crippen LogP contribution is 2.41. The van der Waals surface area contributed by atoms with Crippen molar-refractivity contribution in [1.29, 1.82) is 0 Å². The number of carbonyl (C=O) groups is 3. The Hall–Kier alpha value is -1.89. The van der Waals surface area contributed by atoms with E-state index in [0.29, 0.717) is 16.5 Å². The Morgan fingerprint density at radius 3 is 2.64 bits per heavy atom. The van der Waals surface area contributed by atoms with E-state index in [2.05, 4.69) is 12.2 Å². The van der Waals surface area contributed by atoms with Crippen LogP contribution in [0.3, 0.4) is 0 Å². The molecular weight excluding hydrogens is 342 g/mol. The number of thiophene rings is 1. The Labute approximate surface area is 151 Å². The molecule has 1 aromatic heterocycles. The number of carboxylic acid groups (broad SMARTS) is 1. The molecule has 25 heavy (non-hydrogen) atoms. The first-order valence-electron chi connectivity index (χ1n) is 8.68. The SMILES string of the molecule is CCC1CCc2c(sc(NC(=O)CCC(=O)O)c2C(=O)OC(C)C)C1. The number of fused-ring (bicyclic) bond motifs is 1. The molecule has 138 valence electrons. The maximum atomic E-state index is 12.5. The first kappa shape index (κ1) is 19.4. The van der Waals surface area contributed by atoms with Gasteiger partial charge in [0.05, 0.1) is 18.1 Å². The number of ether oxygens (including phenoxy) is 1. The first-order chi connectivity index (χ1) is 11.8. The standard InChI is InChI=1S/C18H25NO5S/c1-4-11-5-6-12-13(9-11)25-17(16(12)18(23)24-10(2)3)19-14(20)7-8-15(21)22/h10-11H,4-9H2,1-3H3,(H,19,20)(H,21,22). The van der Waals surface area contributed by atoms with Crippen LogP contribution in [-0.4, -0.2) is 29.1 Å². The average molecular weight is 367 g/mol. The number of carboxylic acids is 1. The van der Waals surface area contributed by atoms with E-state index < -0.39 is 17.8 Å². The molecule has 0 fully saturated rings. The van der Waals surface area contributed by atoms with Crippen LogP contribution in [0.15, 0.2) is 0 Å².